The van der Waals surface area contributed by atoms with Crippen LogP contribution in [0, 0.1) is 0 Å². The highest BCUT2D eigenvalue weighted by Crippen LogP contribution is 2.18. The molecule has 3 atom stereocenters. The molecule has 5 nitrogen and oxygen atoms in total. The molecule has 4 N–H and O–H groups in total. The number of rotatable bonds is 54. The summed E-state index contributed by atoms with van der Waals surface area (Å²) >= 11 is 0. The lowest BCUT2D eigenvalue weighted by molar-refractivity contribution is -0.124. The van der Waals surface area contributed by atoms with Crippen molar-refractivity contribution < 1.29 is 20.1 Å². The Morgan fingerprint density at radius 1 is 0.397 bits per heavy atom. The maximum Gasteiger partial charge on any atom is 0.222 e. The molecule has 0 aromatic rings. The minimum atomic E-state index is -0.926. The maximum atomic E-state index is 12.5. The number of allylic oxidation sites excluding steroid dienone is 1. The highest BCUT2D eigenvalue weighted by Gasteiger charge is 2.20. The van der Waals surface area contributed by atoms with E-state index in [0.717, 1.165) is 25.7 Å². The summed E-state index contributed by atoms with van der Waals surface area (Å²) in [6.45, 7) is 4.26. The topological polar surface area (TPSA) is 89.8 Å². The van der Waals surface area contributed by atoms with E-state index in [-0.39, 0.29) is 18.9 Å². The zero-order valence-corrected chi connectivity index (χ0v) is 43.0. The Hall–Kier alpha value is -0.910. The molecule has 0 aliphatic heterocycles. The van der Waals surface area contributed by atoms with Gasteiger partial charge in [-0.2, -0.15) is 0 Å². The first kappa shape index (κ1) is 62.1. The molecule has 0 spiro atoms. The SMILES string of the molecule is CCCCCCCCCCCCCCCCCCCCC/C=C/C(O)C(CO)NC(=O)CC(O)CCCCCCCCCCCCCCCCCCCCCCCCCCCCC. The number of amides is 1. The quantitative estimate of drug-likeness (QED) is 0.0362. The van der Waals surface area contributed by atoms with Crippen molar-refractivity contribution in [3.63, 3.8) is 0 Å². The van der Waals surface area contributed by atoms with Gasteiger partial charge in [-0.3, -0.25) is 4.79 Å². The van der Waals surface area contributed by atoms with Crippen LogP contribution in [0.15, 0.2) is 12.2 Å². The summed E-state index contributed by atoms with van der Waals surface area (Å²) in [5.74, 6) is -0.308. The molecule has 63 heavy (non-hydrogen) atoms. The van der Waals surface area contributed by atoms with Crippen molar-refractivity contribution in [1.29, 1.82) is 0 Å². The predicted molar refractivity (Wildman–Crippen MR) is 278 cm³/mol. The number of hydrogen-bond donors (Lipinski definition) is 4. The fourth-order valence-electron chi connectivity index (χ4n) is 9.40. The smallest absolute Gasteiger partial charge is 0.222 e. The third-order valence-corrected chi connectivity index (χ3v) is 13.8. The molecule has 0 bridgehead atoms. The Balaban J connectivity index is 3.52. The van der Waals surface area contributed by atoms with E-state index in [9.17, 15) is 20.1 Å². The minimum Gasteiger partial charge on any atom is -0.394 e. The highest BCUT2D eigenvalue weighted by molar-refractivity contribution is 5.76. The van der Waals surface area contributed by atoms with Crippen LogP contribution in [0.1, 0.15) is 328 Å². The second-order valence-electron chi connectivity index (χ2n) is 20.3. The van der Waals surface area contributed by atoms with Crippen LogP contribution in [0.25, 0.3) is 0 Å². The van der Waals surface area contributed by atoms with Crippen LogP contribution in [0.5, 0.6) is 0 Å². The second kappa shape index (κ2) is 53.7. The lowest BCUT2D eigenvalue weighted by atomic mass is 10.0. The van der Waals surface area contributed by atoms with E-state index in [1.54, 1.807) is 6.08 Å². The van der Waals surface area contributed by atoms with Gasteiger partial charge in [-0.1, -0.05) is 315 Å². The van der Waals surface area contributed by atoms with Gasteiger partial charge < -0.3 is 20.6 Å². The summed E-state index contributed by atoms with van der Waals surface area (Å²) < 4.78 is 0. The van der Waals surface area contributed by atoms with Crippen LogP contribution >= 0.6 is 0 Å². The number of aliphatic hydroxyl groups excluding tert-OH is 3. The normalized spacial score (nSPS) is 13.3. The van der Waals surface area contributed by atoms with Crippen molar-refractivity contribution in [2.45, 2.75) is 347 Å². The molecule has 0 saturated carbocycles. The Bertz CT molecular complexity index is 894. The second-order valence-corrected chi connectivity index (χ2v) is 20.3. The Labute approximate surface area is 395 Å². The molecule has 0 aliphatic carbocycles. The van der Waals surface area contributed by atoms with Crippen molar-refractivity contribution >= 4 is 5.91 Å². The summed E-state index contributed by atoms with van der Waals surface area (Å²) in [7, 11) is 0. The van der Waals surface area contributed by atoms with Gasteiger partial charge >= 0.3 is 0 Å². The average molecular weight is 891 g/mol. The molecule has 0 rings (SSSR count). The number of carbonyl (C=O) groups is 1. The highest BCUT2D eigenvalue weighted by atomic mass is 16.3. The molecule has 0 aromatic carbocycles. The fraction of sp³-hybridized carbons (Fsp3) is 0.948. The molecule has 0 heterocycles. The van der Waals surface area contributed by atoms with Crippen LogP contribution < -0.4 is 5.32 Å². The predicted octanol–water partition coefficient (Wildman–Crippen LogP) is 17.9. The van der Waals surface area contributed by atoms with Gasteiger partial charge in [0.25, 0.3) is 0 Å². The van der Waals surface area contributed by atoms with Gasteiger partial charge in [-0.05, 0) is 19.3 Å². The van der Waals surface area contributed by atoms with Gasteiger partial charge in [-0.25, -0.2) is 0 Å². The van der Waals surface area contributed by atoms with Crippen molar-refractivity contribution in [2.24, 2.45) is 0 Å². The van der Waals surface area contributed by atoms with Crippen LogP contribution in [-0.2, 0) is 4.79 Å². The van der Waals surface area contributed by atoms with E-state index in [2.05, 4.69) is 19.2 Å². The van der Waals surface area contributed by atoms with E-state index < -0.39 is 18.2 Å². The molecule has 5 heteroatoms. The van der Waals surface area contributed by atoms with Gasteiger partial charge in [0.2, 0.25) is 5.91 Å². The van der Waals surface area contributed by atoms with Gasteiger partial charge in [0.05, 0.1) is 31.3 Å². The lowest BCUT2D eigenvalue weighted by Gasteiger charge is -2.21. The molecule has 0 saturated heterocycles. The molecule has 0 aliphatic rings. The zero-order chi connectivity index (χ0) is 45.8. The molecule has 1 amide bonds. The van der Waals surface area contributed by atoms with E-state index in [0.29, 0.717) is 6.42 Å². The fourth-order valence-corrected chi connectivity index (χ4v) is 9.40. The average Bonchev–Trinajstić information content (AvgIpc) is 3.28. The molecular weight excluding hydrogens is 775 g/mol. The largest absolute Gasteiger partial charge is 0.394 e. The van der Waals surface area contributed by atoms with Crippen LogP contribution in [0.3, 0.4) is 0 Å². The van der Waals surface area contributed by atoms with E-state index in [1.165, 1.54) is 276 Å². The van der Waals surface area contributed by atoms with E-state index >= 15 is 0 Å². The van der Waals surface area contributed by atoms with Crippen molar-refractivity contribution in [1.82, 2.24) is 5.32 Å². The summed E-state index contributed by atoms with van der Waals surface area (Å²) in [4.78, 5) is 12.5. The minimum absolute atomic E-state index is 0.0196. The van der Waals surface area contributed by atoms with E-state index in [1.807, 2.05) is 6.08 Å². The molecular formula is C58H115NO4. The zero-order valence-electron chi connectivity index (χ0n) is 43.0. The molecule has 0 aromatic heterocycles. The molecule has 0 fully saturated rings. The maximum absolute atomic E-state index is 12.5. The first-order valence-corrected chi connectivity index (χ1v) is 29.0. The standard InChI is InChI=1S/C58H115NO4/c1-3-5-7-9-11-13-15-17-19-21-23-25-26-27-28-29-30-32-33-35-37-39-41-43-45-47-49-51-55(61)53-58(63)59-56(54-60)57(62)52-50-48-46-44-42-40-38-36-34-31-24-22-20-18-16-14-12-10-8-6-4-2/h50,52,55-57,60-62H,3-49,51,53-54H2,1-2H3,(H,59,63)/b52-50+. The number of nitrogens with one attached hydrogen (secondary N) is 1. The van der Waals surface area contributed by atoms with Gasteiger partial charge in [0.1, 0.15) is 0 Å². The van der Waals surface area contributed by atoms with Crippen LogP contribution in [0.4, 0.5) is 0 Å². The Morgan fingerprint density at radius 2 is 0.651 bits per heavy atom. The summed E-state index contributed by atoms with van der Waals surface area (Å²) in [5.41, 5.74) is 0. The molecule has 376 valence electrons. The Kier molecular flexibility index (Phi) is 52.9. The summed E-state index contributed by atoms with van der Waals surface area (Å²) in [6, 6.07) is -0.741. The Morgan fingerprint density at radius 3 is 0.921 bits per heavy atom. The van der Waals surface area contributed by atoms with Crippen LogP contribution in [-0.4, -0.2) is 46.1 Å². The summed E-state index contributed by atoms with van der Waals surface area (Å²) in [6.07, 6.45) is 66.9. The van der Waals surface area contributed by atoms with Crippen molar-refractivity contribution in [3.05, 3.63) is 12.2 Å². The van der Waals surface area contributed by atoms with E-state index in [4.69, 9.17) is 0 Å². The monoisotopic (exact) mass is 890 g/mol. The third-order valence-electron chi connectivity index (χ3n) is 13.8. The first-order chi connectivity index (χ1) is 31.0. The number of unbranched alkanes of at least 4 members (excludes halogenated alkanes) is 45. The van der Waals surface area contributed by atoms with Gasteiger partial charge in [-0.15, -0.1) is 0 Å². The molecule has 0 radical (unpaired) electrons. The summed E-state index contributed by atoms with van der Waals surface area (Å²) in [5, 5.41) is 33.5. The number of carbonyl (C=O) groups excluding carboxylic acids is 1. The molecule has 3 unspecified atom stereocenters. The van der Waals surface area contributed by atoms with Crippen molar-refractivity contribution in [2.75, 3.05) is 6.61 Å². The van der Waals surface area contributed by atoms with Gasteiger partial charge in [0.15, 0.2) is 0 Å². The van der Waals surface area contributed by atoms with Crippen LogP contribution in [0.2, 0.25) is 0 Å². The number of aliphatic hydroxyl groups is 3. The van der Waals surface area contributed by atoms with Gasteiger partial charge in [0, 0.05) is 0 Å². The van der Waals surface area contributed by atoms with Crippen molar-refractivity contribution in [3.8, 4) is 0 Å². The third kappa shape index (κ3) is 50.3. The lowest BCUT2D eigenvalue weighted by Crippen LogP contribution is -2.45. The first-order valence-electron chi connectivity index (χ1n) is 29.0. The number of hydrogen-bond acceptors (Lipinski definition) is 4.